The van der Waals surface area contributed by atoms with Crippen LogP contribution in [-0.4, -0.2) is 56.4 Å². The average molecular weight is 242 g/mol. The van der Waals surface area contributed by atoms with Gasteiger partial charge >= 0.3 is 12.1 Å². The molecule has 6 heteroatoms. The van der Waals surface area contributed by atoms with Crippen LogP contribution in [0.1, 0.15) is 12.8 Å². The van der Waals surface area contributed by atoms with Gasteiger partial charge in [-0.25, -0.2) is 4.79 Å². The molecule has 2 aliphatic rings. The molecule has 0 atom stereocenters. The summed E-state index contributed by atoms with van der Waals surface area (Å²) in [6, 6.07) is 0. The third-order valence-corrected chi connectivity index (χ3v) is 3.27. The fraction of sp³-hybridized carbons (Fsp3) is 0.818. The van der Waals surface area contributed by atoms with Crippen molar-refractivity contribution in [2.45, 2.75) is 18.9 Å². The number of amides is 1. The molecule has 6 nitrogen and oxygen atoms in total. The van der Waals surface area contributed by atoms with Gasteiger partial charge in [-0.05, 0) is 12.8 Å². The van der Waals surface area contributed by atoms with Gasteiger partial charge in [0.05, 0.1) is 13.0 Å². The Kier molecular flexibility index (Phi) is 3.83. The molecular weight excluding hydrogens is 224 g/mol. The highest BCUT2D eigenvalue weighted by atomic mass is 16.6. The molecule has 1 aliphatic carbocycles. The smallest absolute Gasteiger partial charge is 0.410 e. The fourth-order valence-electron chi connectivity index (χ4n) is 2.09. The lowest BCUT2D eigenvalue weighted by Gasteiger charge is -2.35. The normalized spacial score (nSPS) is 28.2. The highest BCUT2D eigenvalue weighted by Crippen LogP contribution is 2.31. The standard InChI is InChI=1S/C11H18N2O4/c1-16-10(14)8-6-9(7-8)17-11(15)13-4-2-12-3-5-13/h8-9,12H,2-7H2,1H3. The van der Waals surface area contributed by atoms with E-state index in [1.807, 2.05) is 0 Å². The van der Waals surface area contributed by atoms with Crippen LogP contribution in [0.4, 0.5) is 4.79 Å². The van der Waals surface area contributed by atoms with Crippen molar-refractivity contribution in [3.05, 3.63) is 0 Å². The summed E-state index contributed by atoms with van der Waals surface area (Å²) in [6.07, 6.45) is 0.788. The van der Waals surface area contributed by atoms with E-state index in [0.717, 1.165) is 13.1 Å². The molecule has 1 aliphatic heterocycles. The van der Waals surface area contributed by atoms with Crippen molar-refractivity contribution in [3.63, 3.8) is 0 Å². The predicted octanol–water partition coefficient (Wildman–Crippen LogP) is -0.0202. The van der Waals surface area contributed by atoms with Crippen molar-refractivity contribution in [3.8, 4) is 0 Å². The van der Waals surface area contributed by atoms with Crippen LogP contribution in [0, 0.1) is 5.92 Å². The summed E-state index contributed by atoms with van der Waals surface area (Å²) in [7, 11) is 1.38. The van der Waals surface area contributed by atoms with Crippen molar-refractivity contribution >= 4 is 12.1 Å². The minimum Gasteiger partial charge on any atom is -0.469 e. The maximum absolute atomic E-state index is 11.7. The number of hydrogen-bond acceptors (Lipinski definition) is 5. The number of rotatable bonds is 2. The van der Waals surface area contributed by atoms with E-state index in [2.05, 4.69) is 10.1 Å². The number of carbonyl (C=O) groups is 2. The lowest BCUT2D eigenvalue weighted by molar-refractivity contribution is -0.152. The zero-order valence-corrected chi connectivity index (χ0v) is 9.98. The van der Waals surface area contributed by atoms with Gasteiger partial charge in [0, 0.05) is 26.2 Å². The van der Waals surface area contributed by atoms with E-state index in [-0.39, 0.29) is 24.1 Å². The van der Waals surface area contributed by atoms with Crippen molar-refractivity contribution in [2.75, 3.05) is 33.3 Å². The Morgan fingerprint density at radius 3 is 2.47 bits per heavy atom. The third-order valence-electron chi connectivity index (χ3n) is 3.27. The second kappa shape index (κ2) is 5.35. The van der Waals surface area contributed by atoms with Gasteiger partial charge in [-0.1, -0.05) is 0 Å². The van der Waals surface area contributed by atoms with Crippen LogP contribution >= 0.6 is 0 Å². The Labute approximate surface area is 100 Å². The quantitative estimate of drug-likeness (QED) is 0.689. The monoisotopic (exact) mass is 242 g/mol. The predicted molar refractivity (Wildman–Crippen MR) is 59.5 cm³/mol. The van der Waals surface area contributed by atoms with E-state index < -0.39 is 0 Å². The molecule has 2 rings (SSSR count). The molecule has 96 valence electrons. The van der Waals surface area contributed by atoms with E-state index in [1.54, 1.807) is 4.90 Å². The van der Waals surface area contributed by atoms with Gasteiger partial charge in [0.2, 0.25) is 0 Å². The van der Waals surface area contributed by atoms with Gasteiger partial charge in [-0.3, -0.25) is 4.79 Å². The van der Waals surface area contributed by atoms with Gasteiger partial charge in [-0.15, -0.1) is 0 Å². The summed E-state index contributed by atoms with van der Waals surface area (Å²) in [5, 5.41) is 3.17. The summed E-state index contributed by atoms with van der Waals surface area (Å²) in [6.45, 7) is 2.99. The van der Waals surface area contributed by atoms with E-state index >= 15 is 0 Å². The summed E-state index contributed by atoms with van der Waals surface area (Å²) in [5.74, 6) is -0.305. The highest BCUT2D eigenvalue weighted by molar-refractivity contribution is 5.74. The van der Waals surface area contributed by atoms with E-state index in [0.29, 0.717) is 25.9 Å². The second-order valence-corrected chi connectivity index (χ2v) is 4.43. The van der Waals surface area contributed by atoms with E-state index in [9.17, 15) is 9.59 Å². The van der Waals surface area contributed by atoms with Gasteiger partial charge in [0.1, 0.15) is 6.10 Å². The molecule has 0 aromatic carbocycles. The largest absolute Gasteiger partial charge is 0.469 e. The first-order chi connectivity index (χ1) is 8.20. The summed E-state index contributed by atoms with van der Waals surface area (Å²) in [4.78, 5) is 24.5. The molecule has 0 aromatic heterocycles. The fourth-order valence-corrected chi connectivity index (χ4v) is 2.09. The number of nitrogens with one attached hydrogen (secondary N) is 1. The molecular formula is C11H18N2O4. The number of methoxy groups -OCH3 is 1. The van der Waals surface area contributed by atoms with Crippen LogP contribution in [0.25, 0.3) is 0 Å². The van der Waals surface area contributed by atoms with Crippen molar-refractivity contribution in [1.29, 1.82) is 0 Å². The van der Waals surface area contributed by atoms with Crippen LogP contribution in [0.3, 0.4) is 0 Å². The molecule has 1 saturated heterocycles. The molecule has 1 heterocycles. The topological polar surface area (TPSA) is 67.9 Å². The van der Waals surface area contributed by atoms with Crippen LogP contribution < -0.4 is 5.32 Å². The van der Waals surface area contributed by atoms with E-state index in [4.69, 9.17) is 4.74 Å². The van der Waals surface area contributed by atoms with Gasteiger partial charge in [0.25, 0.3) is 0 Å². The molecule has 1 N–H and O–H groups in total. The Hall–Kier alpha value is -1.30. The van der Waals surface area contributed by atoms with Crippen molar-refractivity contribution < 1.29 is 19.1 Å². The second-order valence-electron chi connectivity index (χ2n) is 4.43. The molecule has 1 saturated carbocycles. The molecule has 0 bridgehead atoms. The molecule has 0 aromatic rings. The number of carbonyl (C=O) groups excluding carboxylic acids is 2. The number of esters is 1. The Morgan fingerprint density at radius 1 is 1.24 bits per heavy atom. The first-order valence-corrected chi connectivity index (χ1v) is 5.95. The van der Waals surface area contributed by atoms with Crippen molar-refractivity contribution in [1.82, 2.24) is 10.2 Å². The SMILES string of the molecule is COC(=O)C1CC(OC(=O)N2CCNCC2)C1. The maximum atomic E-state index is 11.7. The molecule has 0 radical (unpaired) electrons. The Balaban J connectivity index is 1.69. The Bertz CT molecular complexity index is 296. The van der Waals surface area contributed by atoms with Gasteiger partial charge in [0.15, 0.2) is 0 Å². The molecule has 0 spiro atoms. The van der Waals surface area contributed by atoms with E-state index in [1.165, 1.54) is 7.11 Å². The number of nitrogens with zero attached hydrogens (tertiary/aromatic N) is 1. The number of ether oxygens (including phenoxy) is 2. The maximum Gasteiger partial charge on any atom is 0.410 e. The van der Waals surface area contributed by atoms with Crippen LogP contribution in [-0.2, 0) is 14.3 Å². The van der Waals surface area contributed by atoms with Crippen LogP contribution in [0.5, 0.6) is 0 Å². The lowest BCUT2D eigenvalue weighted by Crippen LogP contribution is -2.49. The minimum absolute atomic E-state index is 0.0965. The molecule has 1 amide bonds. The lowest BCUT2D eigenvalue weighted by atomic mass is 9.82. The first-order valence-electron chi connectivity index (χ1n) is 5.95. The number of piperazine rings is 1. The third kappa shape index (κ3) is 2.88. The minimum atomic E-state index is -0.264. The van der Waals surface area contributed by atoms with Crippen molar-refractivity contribution in [2.24, 2.45) is 5.92 Å². The zero-order chi connectivity index (χ0) is 12.3. The highest BCUT2D eigenvalue weighted by Gasteiger charge is 2.38. The van der Waals surface area contributed by atoms with Crippen LogP contribution in [0.15, 0.2) is 0 Å². The van der Waals surface area contributed by atoms with Gasteiger partial charge < -0.3 is 19.7 Å². The average Bonchev–Trinajstić information content (AvgIpc) is 2.33. The molecule has 0 unspecified atom stereocenters. The summed E-state index contributed by atoms with van der Waals surface area (Å²) >= 11 is 0. The first kappa shape index (κ1) is 12.2. The summed E-state index contributed by atoms with van der Waals surface area (Å²) < 4.78 is 9.93. The molecule has 17 heavy (non-hydrogen) atoms. The zero-order valence-electron chi connectivity index (χ0n) is 9.98. The van der Waals surface area contributed by atoms with Gasteiger partial charge in [-0.2, -0.15) is 0 Å². The summed E-state index contributed by atoms with van der Waals surface area (Å²) in [5.41, 5.74) is 0. The Morgan fingerprint density at radius 2 is 1.88 bits per heavy atom. The van der Waals surface area contributed by atoms with Crippen LogP contribution in [0.2, 0.25) is 0 Å². The number of hydrogen-bond donors (Lipinski definition) is 1. The molecule has 2 fully saturated rings.